The molecule has 0 fully saturated rings. The van der Waals surface area contributed by atoms with Gasteiger partial charge in [0.25, 0.3) is 5.91 Å². The van der Waals surface area contributed by atoms with E-state index in [-0.39, 0.29) is 41.0 Å². The Morgan fingerprint density at radius 2 is 1.97 bits per heavy atom. The first-order chi connectivity index (χ1) is 14.5. The number of amides is 1. The first kappa shape index (κ1) is 23.9. The molecular formula is C21H18Cl2FN5O2. The van der Waals surface area contributed by atoms with Crippen LogP contribution in [0.2, 0.25) is 5.15 Å². The number of nitrogens with one attached hydrogen (secondary N) is 2. The van der Waals surface area contributed by atoms with Gasteiger partial charge in [-0.2, -0.15) is 5.26 Å². The Morgan fingerprint density at radius 1 is 1.26 bits per heavy atom. The number of hydrazine groups is 1. The summed E-state index contributed by atoms with van der Waals surface area (Å²) < 4.78 is 18.6. The molecular weight excluding hydrogens is 444 g/mol. The van der Waals surface area contributed by atoms with Gasteiger partial charge in [-0.3, -0.25) is 10.6 Å². The molecule has 1 heterocycles. The number of benzene rings is 2. The third-order valence-electron chi connectivity index (χ3n) is 4.34. The number of ether oxygens (including phenoxy) is 1. The lowest BCUT2D eigenvalue weighted by Gasteiger charge is -2.11. The maximum atomic E-state index is 13.5. The molecule has 4 N–H and O–H groups in total. The maximum absolute atomic E-state index is 13.5. The molecule has 0 aliphatic heterocycles. The number of anilines is 1. The standard InChI is InChI=1S/C21H17ClFN5O2.ClH/c1-30-18-7-6-14(23)8-15(18)21(29)26-11-12-2-4-13(5-3-12)20-16(10-24)17(28-25)9-19(22)27-20;/h2-9H,11,25H2,1H3,(H,26,29)(H,27,28);1H. The lowest BCUT2D eigenvalue weighted by Crippen LogP contribution is -2.23. The largest absolute Gasteiger partial charge is 0.496 e. The molecule has 0 spiro atoms. The van der Waals surface area contributed by atoms with Crippen molar-refractivity contribution in [2.24, 2.45) is 5.84 Å². The number of aromatic nitrogens is 1. The Kier molecular flexibility index (Phi) is 8.16. The van der Waals surface area contributed by atoms with E-state index in [9.17, 15) is 14.4 Å². The van der Waals surface area contributed by atoms with E-state index < -0.39 is 11.7 Å². The van der Waals surface area contributed by atoms with Crippen LogP contribution in [0.25, 0.3) is 11.3 Å². The number of pyridine rings is 1. The highest BCUT2D eigenvalue weighted by Crippen LogP contribution is 2.29. The van der Waals surface area contributed by atoms with E-state index in [1.54, 1.807) is 24.3 Å². The molecule has 0 aliphatic rings. The molecule has 3 rings (SSSR count). The fraction of sp³-hybridized carbons (Fsp3) is 0.0952. The summed E-state index contributed by atoms with van der Waals surface area (Å²) in [7, 11) is 1.41. The SMILES string of the molecule is COc1ccc(F)cc1C(=O)NCc1ccc(-c2nc(Cl)cc(NN)c2C#N)cc1.Cl. The summed E-state index contributed by atoms with van der Waals surface area (Å²) in [6.07, 6.45) is 0. The molecule has 10 heteroatoms. The van der Waals surface area contributed by atoms with Crippen LogP contribution in [-0.2, 0) is 6.54 Å². The van der Waals surface area contributed by atoms with E-state index in [4.69, 9.17) is 22.2 Å². The molecule has 0 saturated heterocycles. The van der Waals surface area contributed by atoms with Crippen molar-refractivity contribution in [3.63, 3.8) is 0 Å². The van der Waals surface area contributed by atoms with Crippen LogP contribution in [0.4, 0.5) is 10.1 Å². The predicted molar refractivity (Wildman–Crippen MR) is 119 cm³/mol. The summed E-state index contributed by atoms with van der Waals surface area (Å²) in [5.74, 6) is 4.74. The number of hydrogen-bond donors (Lipinski definition) is 3. The minimum absolute atomic E-state index is 0. The van der Waals surface area contributed by atoms with Crippen molar-refractivity contribution in [1.82, 2.24) is 10.3 Å². The van der Waals surface area contributed by atoms with E-state index in [0.717, 1.165) is 11.6 Å². The van der Waals surface area contributed by atoms with Gasteiger partial charge in [0.1, 0.15) is 28.4 Å². The Bertz CT molecular complexity index is 1130. The van der Waals surface area contributed by atoms with Crippen LogP contribution in [0.3, 0.4) is 0 Å². The zero-order valence-electron chi connectivity index (χ0n) is 16.3. The van der Waals surface area contributed by atoms with Gasteiger partial charge in [0.2, 0.25) is 0 Å². The zero-order valence-corrected chi connectivity index (χ0v) is 17.9. The molecule has 2 aromatic carbocycles. The topological polar surface area (TPSA) is 113 Å². The van der Waals surface area contributed by atoms with Gasteiger partial charge < -0.3 is 15.5 Å². The minimum Gasteiger partial charge on any atom is -0.496 e. The fourth-order valence-corrected chi connectivity index (χ4v) is 3.06. The Morgan fingerprint density at radius 3 is 2.58 bits per heavy atom. The van der Waals surface area contributed by atoms with E-state index in [1.807, 2.05) is 0 Å². The van der Waals surface area contributed by atoms with Gasteiger partial charge in [0, 0.05) is 18.2 Å². The smallest absolute Gasteiger partial charge is 0.255 e. The average molecular weight is 462 g/mol. The summed E-state index contributed by atoms with van der Waals surface area (Å²) in [6.45, 7) is 0.211. The zero-order chi connectivity index (χ0) is 21.7. The van der Waals surface area contributed by atoms with Crippen LogP contribution in [0.1, 0.15) is 21.5 Å². The number of methoxy groups -OCH3 is 1. The summed E-state index contributed by atoms with van der Waals surface area (Å²) in [5, 5.41) is 12.4. The molecule has 0 bridgehead atoms. The van der Waals surface area contributed by atoms with Crippen molar-refractivity contribution >= 4 is 35.6 Å². The quantitative estimate of drug-likeness (QED) is 0.289. The van der Waals surface area contributed by atoms with Gasteiger partial charge >= 0.3 is 0 Å². The Hall–Kier alpha value is -3.38. The van der Waals surface area contributed by atoms with E-state index >= 15 is 0 Å². The number of nitrogens with two attached hydrogens (primary N) is 1. The average Bonchev–Trinajstić information content (AvgIpc) is 2.77. The van der Waals surface area contributed by atoms with E-state index in [1.165, 1.54) is 25.3 Å². The van der Waals surface area contributed by atoms with Crippen molar-refractivity contribution in [3.8, 4) is 23.1 Å². The van der Waals surface area contributed by atoms with Crippen LogP contribution in [-0.4, -0.2) is 18.0 Å². The van der Waals surface area contributed by atoms with Crippen LogP contribution >= 0.6 is 24.0 Å². The molecule has 0 atom stereocenters. The molecule has 1 aromatic heterocycles. The van der Waals surface area contributed by atoms with Crippen LogP contribution in [0, 0.1) is 17.1 Å². The number of halogens is 3. The van der Waals surface area contributed by atoms with Gasteiger partial charge in [-0.1, -0.05) is 35.9 Å². The highest BCUT2D eigenvalue weighted by molar-refractivity contribution is 6.29. The number of carbonyl (C=O) groups is 1. The monoisotopic (exact) mass is 461 g/mol. The minimum atomic E-state index is -0.529. The highest BCUT2D eigenvalue weighted by Gasteiger charge is 2.15. The maximum Gasteiger partial charge on any atom is 0.255 e. The van der Waals surface area contributed by atoms with Gasteiger partial charge in [-0.05, 0) is 23.8 Å². The highest BCUT2D eigenvalue weighted by atomic mass is 35.5. The third kappa shape index (κ3) is 5.41. The molecule has 0 saturated carbocycles. The van der Waals surface area contributed by atoms with Gasteiger partial charge in [-0.25, -0.2) is 9.37 Å². The summed E-state index contributed by atoms with van der Waals surface area (Å²) in [5.41, 5.74) is 5.02. The number of nitrogens with zero attached hydrogens (tertiary/aromatic N) is 2. The van der Waals surface area contributed by atoms with E-state index in [0.29, 0.717) is 16.9 Å². The number of hydrogen-bond acceptors (Lipinski definition) is 6. The van der Waals surface area contributed by atoms with Crippen molar-refractivity contribution in [2.75, 3.05) is 12.5 Å². The van der Waals surface area contributed by atoms with E-state index in [2.05, 4.69) is 21.8 Å². The van der Waals surface area contributed by atoms with Crippen molar-refractivity contribution < 1.29 is 13.9 Å². The molecule has 1 amide bonds. The molecule has 3 aromatic rings. The molecule has 0 unspecified atom stereocenters. The predicted octanol–water partition coefficient (Wildman–Crippen LogP) is 4.06. The van der Waals surface area contributed by atoms with Gasteiger partial charge in [-0.15, -0.1) is 12.4 Å². The normalized spacial score (nSPS) is 9.90. The summed E-state index contributed by atoms with van der Waals surface area (Å²) in [4.78, 5) is 16.6. The number of nitrogen functional groups attached to an aromatic ring is 1. The molecule has 0 radical (unpaired) electrons. The molecule has 31 heavy (non-hydrogen) atoms. The number of carbonyl (C=O) groups excluding carboxylic acids is 1. The van der Waals surface area contributed by atoms with Crippen LogP contribution < -0.4 is 21.3 Å². The molecule has 160 valence electrons. The first-order valence-electron chi connectivity index (χ1n) is 8.75. The van der Waals surface area contributed by atoms with Gasteiger partial charge in [0.05, 0.1) is 24.1 Å². The molecule has 0 aliphatic carbocycles. The second-order valence-electron chi connectivity index (χ2n) is 6.20. The first-order valence-corrected chi connectivity index (χ1v) is 9.13. The second kappa shape index (κ2) is 10.6. The molecule has 7 nitrogen and oxygen atoms in total. The number of nitriles is 1. The van der Waals surface area contributed by atoms with Crippen LogP contribution in [0.5, 0.6) is 5.75 Å². The third-order valence-corrected chi connectivity index (χ3v) is 4.54. The Balaban J connectivity index is 0.00000341. The van der Waals surface area contributed by atoms with Crippen molar-refractivity contribution in [3.05, 3.63) is 76.2 Å². The van der Waals surface area contributed by atoms with Crippen LogP contribution in [0.15, 0.2) is 48.5 Å². The summed E-state index contributed by atoms with van der Waals surface area (Å²) in [6, 6.07) is 14.3. The van der Waals surface area contributed by atoms with Gasteiger partial charge in [0.15, 0.2) is 0 Å². The summed E-state index contributed by atoms with van der Waals surface area (Å²) >= 11 is 6.02. The second-order valence-corrected chi connectivity index (χ2v) is 6.58. The number of rotatable bonds is 6. The van der Waals surface area contributed by atoms with Crippen molar-refractivity contribution in [2.45, 2.75) is 6.54 Å². The van der Waals surface area contributed by atoms with Crippen molar-refractivity contribution in [1.29, 1.82) is 5.26 Å². The Labute approximate surface area is 189 Å². The fourth-order valence-electron chi connectivity index (χ4n) is 2.87. The lowest BCUT2D eigenvalue weighted by molar-refractivity contribution is 0.0947. The lowest BCUT2D eigenvalue weighted by atomic mass is 10.0.